The van der Waals surface area contributed by atoms with Crippen LogP contribution < -0.4 is 0 Å². The van der Waals surface area contributed by atoms with E-state index in [4.69, 9.17) is 10.2 Å². The molecular formula is C10H19NO4. The second-order valence-electron chi connectivity index (χ2n) is 3.93. The van der Waals surface area contributed by atoms with Gasteiger partial charge in [0, 0.05) is 0 Å². The van der Waals surface area contributed by atoms with Gasteiger partial charge in [-0.15, -0.1) is 0 Å². The molecule has 0 aliphatic carbocycles. The summed E-state index contributed by atoms with van der Waals surface area (Å²) in [7, 11) is 3.90. The number of carboxylic acids is 2. The lowest BCUT2D eigenvalue weighted by Crippen LogP contribution is -2.18. The van der Waals surface area contributed by atoms with Gasteiger partial charge in [0.25, 0.3) is 0 Å². The van der Waals surface area contributed by atoms with Crippen molar-refractivity contribution in [1.29, 1.82) is 0 Å². The molecule has 0 aromatic carbocycles. The summed E-state index contributed by atoms with van der Waals surface area (Å²) in [6.45, 7) is 0.902. The molecule has 0 amide bonds. The number of carboxylic acid groups (broad SMARTS) is 2. The van der Waals surface area contributed by atoms with E-state index in [1.54, 1.807) is 0 Å². The largest absolute Gasteiger partial charge is 0.481 e. The zero-order valence-electron chi connectivity index (χ0n) is 9.27. The van der Waals surface area contributed by atoms with E-state index in [1.807, 2.05) is 19.0 Å². The van der Waals surface area contributed by atoms with Crippen LogP contribution in [-0.2, 0) is 9.59 Å². The molecule has 5 nitrogen and oxygen atoms in total. The van der Waals surface area contributed by atoms with Crippen LogP contribution in [-0.4, -0.2) is 47.7 Å². The minimum absolute atomic E-state index is 0.280. The average molecular weight is 217 g/mol. The van der Waals surface area contributed by atoms with Crippen LogP contribution in [0.1, 0.15) is 25.7 Å². The van der Waals surface area contributed by atoms with E-state index < -0.39 is 17.9 Å². The predicted octanol–water partition coefficient (Wildman–Crippen LogP) is 0.894. The van der Waals surface area contributed by atoms with Gasteiger partial charge in [0.05, 0.1) is 12.3 Å². The molecule has 0 aromatic heterocycles. The van der Waals surface area contributed by atoms with Crippen LogP contribution in [0.2, 0.25) is 0 Å². The number of rotatable bonds is 8. The maximum atomic E-state index is 10.7. The Kier molecular flexibility index (Phi) is 6.70. The molecular weight excluding hydrogens is 198 g/mol. The molecule has 1 atom stereocenters. The fourth-order valence-corrected chi connectivity index (χ4v) is 1.34. The Morgan fingerprint density at radius 1 is 1.20 bits per heavy atom. The maximum Gasteiger partial charge on any atom is 0.307 e. The predicted molar refractivity (Wildman–Crippen MR) is 55.8 cm³/mol. The Balaban J connectivity index is 3.77. The van der Waals surface area contributed by atoms with Crippen molar-refractivity contribution in [2.24, 2.45) is 5.92 Å². The second kappa shape index (κ2) is 7.23. The number of unbranched alkanes of at least 4 members (excludes halogenated alkanes) is 1. The van der Waals surface area contributed by atoms with Gasteiger partial charge in [0.1, 0.15) is 0 Å². The zero-order valence-corrected chi connectivity index (χ0v) is 9.27. The summed E-state index contributed by atoms with van der Waals surface area (Å²) >= 11 is 0. The minimum Gasteiger partial charge on any atom is -0.481 e. The Morgan fingerprint density at radius 2 is 1.80 bits per heavy atom. The van der Waals surface area contributed by atoms with E-state index in [0.29, 0.717) is 6.42 Å². The third-order valence-corrected chi connectivity index (χ3v) is 2.18. The van der Waals surface area contributed by atoms with Crippen molar-refractivity contribution in [1.82, 2.24) is 4.90 Å². The molecule has 0 saturated carbocycles. The van der Waals surface area contributed by atoms with E-state index >= 15 is 0 Å². The lowest BCUT2D eigenvalue weighted by Gasteiger charge is -2.11. The van der Waals surface area contributed by atoms with Crippen LogP contribution >= 0.6 is 0 Å². The lowest BCUT2D eigenvalue weighted by molar-refractivity contribution is -0.148. The number of carbonyl (C=O) groups is 2. The topological polar surface area (TPSA) is 77.8 Å². The summed E-state index contributed by atoms with van der Waals surface area (Å²) < 4.78 is 0. The average Bonchev–Trinajstić information content (AvgIpc) is 2.08. The van der Waals surface area contributed by atoms with Crippen molar-refractivity contribution >= 4 is 11.9 Å². The SMILES string of the molecule is CN(C)CCCCC(CC(=O)O)C(=O)O. The molecule has 0 aliphatic rings. The van der Waals surface area contributed by atoms with Crippen LogP contribution in [0.3, 0.4) is 0 Å². The first-order chi connectivity index (χ1) is 6.93. The molecule has 0 heterocycles. The van der Waals surface area contributed by atoms with Gasteiger partial charge in [-0.05, 0) is 33.5 Å². The van der Waals surface area contributed by atoms with Gasteiger partial charge in [-0.3, -0.25) is 9.59 Å². The van der Waals surface area contributed by atoms with E-state index in [2.05, 4.69) is 0 Å². The summed E-state index contributed by atoms with van der Waals surface area (Å²) in [5.41, 5.74) is 0. The normalized spacial score (nSPS) is 12.7. The van der Waals surface area contributed by atoms with E-state index in [0.717, 1.165) is 19.4 Å². The Hall–Kier alpha value is -1.10. The second-order valence-corrected chi connectivity index (χ2v) is 3.93. The van der Waals surface area contributed by atoms with Crippen LogP contribution in [0.4, 0.5) is 0 Å². The summed E-state index contributed by atoms with van der Waals surface area (Å²) in [5.74, 6) is -2.80. The highest BCUT2D eigenvalue weighted by atomic mass is 16.4. The van der Waals surface area contributed by atoms with Crippen LogP contribution in [0, 0.1) is 5.92 Å². The highest BCUT2D eigenvalue weighted by molar-refractivity contribution is 5.77. The van der Waals surface area contributed by atoms with Gasteiger partial charge in [-0.2, -0.15) is 0 Å². The van der Waals surface area contributed by atoms with Crippen molar-refractivity contribution in [3.8, 4) is 0 Å². The van der Waals surface area contributed by atoms with Crippen molar-refractivity contribution < 1.29 is 19.8 Å². The monoisotopic (exact) mass is 217 g/mol. The van der Waals surface area contributed by atoms with Crippen molar-refractivity contribution in [2.45, 2.75) is 25.7 Å². The molecule has 0 radical (unpaired) electrons. The summed E-state index contributed by atoms with van der Waals surface area (Å²) in [5, 5.41) is 17.3. The quantitative estimate of drug-likeness (QED) is 0.590. The van der Waals surface area contributed by atoms with Gasteiger partial charge in [-0.25, -0.2) is 0 Å². The Morgan fingerprint density at radius 3 is 2.20 bits per heavy atom. The van der Waals surface area contributed by atoms with Gasteiger partial charge < -0.3 is 15.1 Å². The molecule has 0 bridgehead atoms. The standard InChI is InChI=1S/C10H19NO4/c1-11(2)6-4-3-5-8(10(14)15)7-9(12)13/h8H,3-7H2,1-2H3,(H,12,13)(H,14,15). The first-order valence-corrected chi connectivity index (χ1v) is 5.02. The smallest absolute Gasteiger partial charge is 0.307 e. The fraction of sp³-hybridized carbons (Fsp3) is 0.800. The van der Waals surface area contributed by atoms with E-state index in [1.165, 1.54) is 0 Å². The molecule has 0 spiro atoms. The molecule has 0 aliphatic heterocycles. The van der Waals surface area contributed by atoms with Gasteiger partial charge in [0.15, 0.2) is 0 Å². The highest BCUT2D eigenvalue weighted by Gasteiger charge is 2.20. The van der Waals surface area contributed by atoms with Gasteiger partial charge in [-0.1, -0.05) is 6.42 Å². The molecule has 1 unspecified atom stereocenters. The first-order valence-electron chi connectivity index (χ1n) is 5.02. The summed E-state index contributed by atoms with van der Waals surface area (Å²) in [4.78, 5) is 23.1. The fourth-order valence-electron chi connectivity index (χ4n) is 1.34. The highest BCUT2D eigenvalue weighted by Crippen LogP contribution is 2.13. The van der Waals surface area contributed by atoms with Gasteiger partial charge >= 0.3 is 11.9 Å². The van der Waals surface area contributed by atoms with Crippen LogP contribution in [0.15, 0.2) is 0 Å². The molecule has 0 saturated heterocycles. The van der Waals surface area contributed by atoms with Crippen LogP contribution in [0.5, 0.6) is 0 Å². The molecule has 88 valence electrons. The van der Waals surface area contributed by atoms with Crippen molar-refractivity contribution in [3.63, 3.8) is 0 Å². The molecule has 2 N–H and O–H groups in total. The van der Waals surface area contributed by atoms with Crippen molar-refractivity contribution in [2.75, 3.05) is 20.6 Å². The molecule has 15 heavy (non-hydrogen) atoms. The summed E-state index contributed by atoms with van der Waals surface area (Å²) in [6.07, 6.45) is 1.81. The number of hydrogen-bond donors (Lipinski definition) is 2. The lowest BCUT2D eigenvalue weighted by atomic mass is 9.98. The number of aliphatic carboxylic acids is 2. The third kappa shape index (κ3) is 7.93. The number of nitrogens with zero attached hydrogens (tertiary/aromatic N) is 1. The molecule has 0 rings (SSSR count). The van der Waals surface area contributed by atoms with Crippen molar-refractivity contribution in [3.05, 3.63) is 0 Å². The van der Waals surface area contributed by atoms with E-state index in [-0.39, 0.29) is 6.42 Å². The van der Waals surface area contributed by atoms with Crippen LogP contribution in [0.25, 0.3) is 0 Å². The summed E-state index contributed by atoms with van der Waals surface area (Å²) in [6, 6.07) is 0. The number of hydrogen-bond acceptors (Lipinski definition) is 3. The molecule has 5 heteroatoms. The molecule has 0 aromatic rings. The first kappa shape index (κ1) is 13.9. The Bertz CT molecular complexity index is 215. The Labute approximate surface area is 89.7 Å². The minimum atomic E-state index is -1.05. The zero-order chi connectivity index (χ0) is 11.8. The third-order valence-electron chi connectivity index (χ3n) is 2.18. The van der Waals surface area contributed by atoms with Gasteiger partial charge in [0.2, 0.25) is 0 Å². The molecule has 0 fully saturated rings. The maximum absolute atomic E-state index is 10.7. The van der Waals surface area contributed by atoms with E-state index in [9.17, 15) is 9.59 Å².